The van der Waals surface area contributed by atoms with Crippen molar-refractivity contribution in [1.29, 1.82) is 0 Å². The largest absolute Gasteiger partial charge is 0.480 e. The molecule has 3 aliphatic heterocycles. The summed E-state index contributed by atoms with van der Waals surface area (Å²) in [6.45, 7) is 7.87. The molecular weight excluding hydrogens is 658 g/mol. The van der Waals surface area contributed by atoms with Gasteiger partial charge in [-0.05, 0) is 91.7 Å². The van der Waals surface area contributed by atoms with Gasteiger partial charge in [-0.15, -0.1) is 0 Å². The van der Waals surface area contributed by atoms with Crippen LogP contribution in [0.2, 0.25) is 0 Å². The molecule has 3 N–H and O–H groups in total. The third-order valence-electron chi connectivity index (χ3n) is 10.8. The van der Waals surface area contributed by atoms with Gasteiger partial charge in [0.15, 0.2) is 5.82 Å². The number of aliphatic hydroxyl groups excluding tert-OH is 1. The lowest BCUT2D eigenvalue weighted by atomic mass is 9.93. The highest BCUT2D eigenvalue weighted by Crippen LogP contribution is 2.38. The van der Waals surface area contributed by atoms with E-state index in [1.165, 1.54) is 0 Å². The van der Waals surface area contributed by atoms with Gasteiger partial charge < -0.3 is 24.8 Å². The molecule has 2 fully saturated rings. The lowest BCUT2D eigenvalue weighted by Gasteiger charge is -2.33. The third kappa shape index (κ3) is 6.65. The molecule has 2 unspecified atom stereocenters. The molecule has 0 aliphatic carbocycles. The number of likely N-dealkylation sites (tertiary alicyclic amines) is 2. The van der Waals surface area contributed by atoms with Crippen LogP contribution in [0.3, 0.4) is 0 Å². The minimum absolute atomic E-state index is 0.0851. The number of rotatable bonds is 9. The number of piperidine rings is 1. The summed E-state index contributed by atoms with van der Waals surface area (Å²) in [7, 11) is 0. The predicted octanol–water partition coefficient (Wildman–Crippen LogP) is 5.66. The zero-order chi connectivity index (χ0) is 35.9. The van der Waals surface area contributed by atoms with Gasteiger partial charge in [-0.2, -0.15) is 0 Å². The number of carboxylic acids is 1. The Morgan fingerprint density at radius 3 is 2.56 bits per heavy atom. The number of aliphatic hydroxyl groups is 1. The Morgan fingerprint density at radius 2 is 1.77 bits per heavy atom. The monoisotopic (exact) mass is 701 g/mol. The van der Waals surface area contributed by atoms with Gasteiger partial charge in [0, 0.05) is 48.7 Å². The summed E-state index contributed by atoms with van der Waals surface area (Å²) in [5.41, 5.74) is 8.68. The van der Waals surface area contributed by atoms with Crippen molar-refractivity contribution in [2.24, 2.45) is 0 Å². The number of fused-ring (bicyclic) bond motifs is 2. The Kier molecular flexibility index (Phi) is 9.20. The normalized spacial score (nSPS) is 19.3. The number of pyridine rings is 2. The van der Waals surface area contributed by atoms with Gasteiger partial charge in [0.25, 0.3) is 0 Å². The van der Waals surface area contributed by atoms with Crippen LogP contribution in [0.4, 0.5) is 11.5 Å². The number of carboxylic acid groups (broad SMARTS) is 1. The molecule has 52 heavy (non-hydrogen) atoms. The molecule has 268 valence electrons. The fourth-order valence-electron chi connectivity index (χ4n) is 7.91. The quantitative estimate of drug-likeness (QED) is 0.175. The summed E-state index contributed by atoms with van der Waals surface area (Å²) in [4.78, 5) is 44.9. The van der Waals surface area contributed by atoms with Crippen molar-refractivity contribution < 1.29 is 24.2 Å². The Balaban J connectivity index is 0.988. The number of nitrogens with one attached hydrogen (secondary N) is 1. The Morgan fingerprint density at radius 1 is 0.962 bits per heavy atom. The van der Waals surface area contributed by atoms with Crippen LogP contribution in [-0.2, 0) is 29.2 Å². The second-order valence-corrected chi connectivity index (χ2v) is 14.3. The van der Waals surface area contributed by atoms with Crippen molar-refractivity contribution in [3.8, 4) is 22.6 Å². The Labute approximate surface area is 302 Å². The standard InChI is InChI=1S/C40H43N7O5/c1-24-29(7-5-9-31(24)39-44-33-21-47(22-35(33)52-39)36(49)23-46-15-4-3-11-34(46)40(50)51)30-8-6-10-32(25(30)2)43-38-37-27(12-14-41-38)17-26(18-42-37)19-45-16-13-28(48)20-45/h5-10,12,14,17-18,28,34,48H,3-4,11,13,15-16,19-23H2,1-2H3,(H,41,43)(H,50,51). The smallest absolute Gasteiger partial charge is 0.320 e. The Hall–Kier alpha value is -5.17. The summed E-state index contributed by atoms with van der Waals surface area (Å²) >= 11 is 0. The van der Waals surface area contributed by atoms with Gasteiger partial charge in [-0.3, -0.25) is 24.4 Å². The number of carbonyl (C=O) groups excluding carboxylic acids is 1. The van der Waals surface area contributed by atoms with E-state index in [0.29, 0.717) is 50.1 Å². The molecule has 12 nitrogen and oxygen atoms in total. The SMILES string of the molecule is Cc1c(Nc2nccc3cc(CN4CCC(O)C4)cnc23)cccc1-c1cccc(-c2nc3c(o2)CN(C(=O)CN2CCCCC2C(=O)O)C3)c1C. The lowest BCUT2D eigenvalue weighted by Crippen LogP contribution is -2.49. The van der Waals surface area contributed by atoms with Crippen molar-refractivity contribution in [2.75, 3.05) is 31.5 Å². The van der Waals surface area contributed by atoms with E-state index in [4.69, 9.17) is 14.4 Å². The number of oxazole rings is 1. The number of nitrogens with zero attached hydrogens (tertiary/aromatic N) is 6. The number of aliphatic carboxylic acids is 1. The fraction of sp³-hybridized carbons (Fsp3) is 0.375. The molecule has 5 aromatic rings. The molecule has 0 saturated carbocycles. The van der Waals surface area contributed by atoms with E-state index in [-0.39, 0.29) is 18.6 Å². The maximum Gasteiger partial charge on any atom is 0.320 e. The molecule has 0 spiro atoms. The first kappa shape index (κ1) is 33.9. The molecule has 1 amide bonds. The van der Waals surface area contributed by atoms with Gasteiger partial charge in [-0.1, -0.05) is 30.7 Å². The van der Waals surface area contributed by atoms with Gasteiger partial charge in [0.1, 0.15) is 23.0 Å². The highest BCUT2D eigenvalue weighted by atomic mass is 16.4. The molecule has 8 rings (SSSR count). The van der Waals surface area contributed by atoms with Crippen molar-refractivity contribution in [3.05, 3.63) is 89.1 Å². The van der Waals surface area contributed by atoms with Crippen LogP contribution in [0.25, 0.3) is 33.5 Å². The first-order chi connectivity index (χ1) is 25.2. The molecule has 12 heteroatoms. The summed E-state index contributed by atoms with van der Waals surface area (Å²) < 4.78 is 6.28. The molecule has 0 bridgehead atoms. The van der Waals surface area contributed by atoms with Crippen LogP contribution in [-0.4, -0.2) is 90.1 Å². The van der Waals surface area contributed by atoms with E-state index in [1.54, 1.807) is 16.0 Å². The number of anilines is 2. The number of hydrogen-bond donors (Lipinski definition) is 3. The number of amides is 1. The van der Waals surface area contributed by atoms with Crippen molar-refractivity contribution in [1.82, 2.24) is 29.7 Å². The third-order valence-corrected chi connectivity index (χ3v) is 10.8. The van der Waals surface area contributed by atoms with Crippen LogP contribution in [0.1, 0.15) is 53.8 Å². The summed E-state index contributed by atoms with van der Waals surface area (Å²) in [6.07, 6.45) is 6.59. The van der Waals surface area contributed by atoms with E-state index in [1.807, 2.05) is 36.5 Å². The van der Waals surface area contributed by atoms with E-state index in [0.717, 1.165) is 88.0 Å². The zero-order valence-electron chi connectivity index (χ0n) is 29.5. The molecule has 2 aromatic carbocycles. The van der Waals surface area contributed by atoms with Crippen LogP contribution < -0.4 is 5.32 Å². The van der Waals surface area contributed by atoms with Crippen LogP contribution in [0.5, 0.6) is 0 Å². The van der Waals surface area contributed by atoms with Crippen LogP contribution in [0.15, 0.2) is 65.3 Å². The van der Waals surface area contributed by atoms with E-state index >= 15 is 0 Å². The second-order valence-electron chi connectivity index (χ2n) is 14.3. The maximum atomic E-state index is 13.2. The molecule has 6 heterocycles. The van der Waals surface area contributed by atoms with Crippen LogP contribution in [0, 0.1) is 13.8 Å². The average molecular weight is 702 g/mol. The van der Waals surface area contributed by atoms with Gasteiger partial charge in [0.05, 0.1) is 25.7 Å². The van der Waals surface area contributed by atoms with E-state index in [9.17, 15) is 19.8 Å². The highest BCUT2D eigenvalue weighted by molar-refractivity contribution is 5.91. The number of aromatic nitrogens is 3. The maximum absolute atomic E-state index is 13.2. The van der Waals surface area contributed by atoms with Crippen molar-refractivity contribution in [3.63, 3.8) is 0 Å². The molecular formula is C40H43N7O5. The predicted molar refractivity (Wildman–Crippen MR) is 197 cm³/mol. The molecule has 3 aromatic heterocycles. The summed E-state index contributed by atoms with van der Waals surface area (Å²) in [5, 5.41) is 24.1. The average Bonchev–Trinajstić information content (AvgIpc) is 3.85. The topological polar surface area (TPSA) is 148 Å². The number of β-amino-alcohol motifs (C(OH)–C–C–N with tert-alkyl or cyclic N) is 1. The molecule has 2 atom stereocenters. The second kappa shape index (κ2) is 14.1. The van der Waals surface area contributed by atoms with Crippen molar-refractivity contribution >= 4 is 34.3 Å². The lowest BCUT2D eigenvalue weighted by molar-refractivity contribution is -0.146. The minimum atomic E-state index is -0.868. The molecule has 3 aliphatic rings. The first-order valence-corrected chi connectivity index (χ1v) is 18.1. The Bertz CT molecular complexity index is 2140. The van der Waals surface area contributed by atoms with Gasteiger partial charge in [-0.25, -0.2) is 9.97 Å². The molecule has 0 radical (unpaired) electrons. The minimum Gasteiger partial charge on any atom is -0.480 e. The van der Waals surface area contributed by atoms with Crippen molar-refractivity contribution in [2.45, 2.75) is 71.3 Å². The summed E-state index contributed by atoms with van der Waals surface area (Å²) in [6, 6.07) is 15.8. The van der Waals surface area contributed by atoms with Gasteiger partial charge >= 0.3 is 5.97 Å². The zero-order valence-corrected chi connectivity index (χ0v) is 29.5. The molecule has 2 saturated heterocycles. The fourth-order valence-corrected chi connectivity index (χ4v) is 7.91. The first-order valence-electron chi connectivity index (χ1n) is 18.1. The number of benzene rings is 2. The highest BCUT2D eigenvalue weighted by Gasteiger charge is 2.34. The van der Waals surface area contributed by atoms with Gasteiger partial charge in [0.2, 0.25) is 11.8 Å². The number of hydrogen-bond acceptors (Lipinski definition) is 10. The van der Waals surface area contributed by atoms with E-state index < -0.39 is 12.0 Å². The van der Waals surface area contributed by atoms with E-state index in [2.05, 4.69) is 47.2 Å². The summed E-state index contributed by atoms with van der Waals surface area (Å²) in [5.74, 6) is 0.903. The number of carbonyl (C=O) groups is 2. The van der Waals surface area contributed by atoms with Crippen LogP contribution >= 0.6 is 0 Å².